The lowest BCUT2D eigenvalue weighted by Gasteiger charge is -2.21. The van der Waals surface area contributed by atoms with Crippen molar-refractivity contribution in [3.05, 3.63) is 0 Å². The van der Waals surface area contributed by atoms with E-state index in [1.807, 2.05) is 0 Å². The summed E-state index contributed by atoms with van der Waals surface area (Å²) in [6.07, 6.45) is 69.5. The van der Waals surface area contributed by atoms with E-state index in [0.717, 1.165) is 108 Å². The highest BCUT2D eigenvalue weighted by Crippen LogP contribution is 2.45. The van der Waals surface area contributed by atoms with Crippen molar-refractivity contribution in [1.82, 2.24) is 0 Å². The van der Waals surface area contributed by atoms with Crippen LogP contribution in [0.15, 0.2) is 0 Å². The second-order valence-electron chi connectivity index (χ2n) is 33.1. The van der Waals surface area contributed by atoms with E-state index in [-0.39, 0.29) is 25.7 Å². The molecule has 2 unspecified atom stereocenters. The fourth-order valence-electron chi connectivity index (χ4n) is 13.7. The van der Waals surface area contributed by atoms with Crippen molar-refractivity contribution in [3.63, 3.8) is 0 Å². The number of carbonyl (C=O) groups excluding carboxylic acids is 4. The molecule has 19 heteroatoms. The zero-order chi connectivity index (χ0) is 78.6. The Bertz CT molecular complexity index is 2060. The fraction of sp³-hybridized carbons (Fsp3) is 0.955. The molecule has 636 valence electrons. The summed E-state index contributed by atoms with van der Waals surface area (Å²) in [6.45, 7) is 12.0. The lowest BCUT2D eigenvalue weighted by molar-refractivity contribution is -0.161. The smallest absolute Gasteiger partial charge is 0.462 e. The Morgan fingerprint density at radius 3 is 0.636 bits per heavy atom. The van der Waals surface area contributed by atoms with E-state index >= 15 is 0 Å². The van der Waals surface area contributed by atoms with Crippen LogP contribution < -0.4 is 0 Å². The zero-order valence-electron chi connectivity index (χ0n) is 70.6. The third-order valence-electron chi connectivity index (χ3n) is 20.6. The van der Waals surface area contributed by atoms with Gasteiger partial charge < -0.3 is 33.8 Å². The molecule has 0 rings (SSSR count). The predicted molar refractivity (Wildman–Crippen MR) is 441 cm³/mol. The van der Waals surface area contributed by atoms with Crippen molar-refractivity contribution >= 4 is 39.5 Å². The minimum Gasteiger partial charge on any atom is -0.462 e. The molecule has 0 saturated carbocycles. The summed E-state index contributed by atoms with van der Waals surface area (Å²) in [6, 6.07) is 0. The van der Waals surface area contributed by atoms with Crippen molar-refractivity contribution in [3.8, 4) is 0 Å². The van der Waals surface area contributed by atoms with Crippen molar-refractivity contribution in [2.75, 3.05) is 39.6 Å². The van der Waals surface area contributed by atoms with Gasteiger partial charge in [-0.15, -0.1) is 0 Å². The molecule has 3 N–H and O–H groups in total. The number of esters is 4. The number of aliphatic hydroxyl groups is 1. The maximum atomic E-state index is 13.2. The molecule has 0 radical (unpaired) electrons. The van der Waals surface area contributed by atoms with Crippen LogP contribution >= 0.6 is 15.6 Å². The quantitative estimate of drug-likeness (QED) is 0.0222. The van der Waals surface area contributed by atoms with E-state index in [9.17, 15) is 43.2 Å². The molecular formula is C88H172O17P2. The average Bonchev–Trinajstić information content (AvgIpc) is 0.900. The fourth-order valence-corrected chi connectivity index (χ4v) is 15.3. The number of aliphatic hydroxyl groups excluding tert-OH is 1. The van der Waals surface area contributed by atoms with Crippen LogP contribution in [-0.4, -0.2) is 96.7 Å². The highest BCUT2D eigenvalue weighted by Gasteiger charge is 2.31. The van der Waals surface area contributed by atoms with Gasteiger partial charge in [0.15, 0.2) is 12.2 Å². The maximum Gasteiger partial charge on any atom is 0.472 e. The molecule has 0 aromatic rings. The molecule has 0 heterocycles. The first-order chi connectivity index (χ1) is 51.7. The van der Waals surface area contributed by atoms with Gasteiger partial charge in [-0.25, -0.2) is 9.13 Å². The minimum atomic E-state index is -4.97. The van der Waals surface area contributed by atoms with Gasteiger partial charge in [0.05, 0.1) is 26.4 Å². The molecule has 5 atom stereocenters. The molecule has 0 bridgehead atoms. The molecule has 107 heavy (non-hydrogen) atoms. The Morgan fingerprint density at radius 1 is 0.252 bits per heavy atom. The molecule has 0 spiro atoms. The largest absolute Gasteiger partial charge is 0.472 e. The average molecular weight is 1560 g/mol. The van der Waals surface area contributed by atoms with Crippen molar-refractivity contribution in [1.29, 1.82) is 0 Å². The molecule has 0 aliphatic heterocycles. The van der Waals surface area contributed by atoms with Gasteiger partial charge in [0.2, 0.25) is 0 Å². The summed E-state index contributed by atoms with van der Waals surface area (Å²) in [4.78, 5) is 73.3. The Kier molecular flexibility index (Phi) is 76.6. The number of carbonyl (C=O) groups is 4. The minimum absolute atomic E-state index is 0.108. The van der Waals surface area contributed by atoms with Crippen molar-refractivity contribution < 1.29 is 80.2 Å². The summed E-state index contributed by atoms with van der Waals surface area (Å²) in [7, 11) is -9.93. The van der Waals surface area contributed by atoms with Crippen LogP contribution in [0.25, 0.3) is 0 Å². The first-order valence-corrected chi connectivity index (χ1v) is 48.3. The van der Waals surface area contributed by atoms with Crippen LogP contribution in [0.5, 0.6) is 0 Å². The van der Waals surface area contributed by atoms with Gasteiger partial charge in [0.1, 0.15) is 19.3 Å². The number of rotatable bonds is 86. The lowest BCUT2D eigenvalue weighted by atomic mass is 10.0. The summed E-state index contributed by atoms with van der Waals surface area (Å²) < 4.78 is 69.0. The number of phosphoric ester groups is 2. The van der Waals surface area contributed by atoms with E-state index in [2.05, 4.69) is 48.5 Å². The summed E-state index contributed by atoms with van der Waals surface area (Å²) in [5.74, 6) is 0.246. The van der Waals surface area contributed by atoms with Crippen LogP contribution in [0.1, 0.15) is 466 Å². The normalized spacial score (nSPS) is 13.8. The molecule has 0 saturated heterocycles. The summed E-state index contributed by atoms with van der Waals surface area (Å²) in [5.41, 5.74) is 0. The molecule has 0 aromatic heterocycles. The molecule has 0 aliphatic carbocycles. The van der Waals surface area contributed by atoms with E-state index in [0.29, 0.717) is 25.7 Å². The van der Waals surface area contributed by atoms with Gasteiger partial charge in [-0.2, -0.15) is 0 Å². The van der Waals surface area contributed by atoms with Crippen molar-refractivity contribution in [2.24, 2.45) is 17.8 Å². The second-order valence-corrected chi connectivity index (χ2v) is 36.0. The second kappa shape index (κ2) is 78.0. The standard InChI is InChI=1S/C88H172O17P2/c1-8-9-10-11-12-13-14-15-16-17-18-26-31-36-41-50-57-64-72-88(93)105-84(76-99-86(91)70-63-56-49-44-43-47-54-61-68-81(6)7)78-103-107(96,97)101-74-82(89)73-100-106(94,95)102-77-83(104-87(92)71-65-58-51-42-37-32-27-22-20-24-29-34-39-46-53-60-67-80(4)5)75-98-85(90)69-62-55-48-40-35-30-25-21-19-23-28-33-38-45-52-59-66-79(2)3/h79-84,89H,8-78H2,1-7H3,(H,94,95)(H,96,97)/t82-,83-,84-/m1/s1. The Balaban J connectivity index is 5.24. The molecule has 0 aromatic carbocycles. The number of ether oxygens (including phenoxy) is 4. The Labute approximate surface area is 658 Å². The Morgan fingerprint density at radius 2 is 0.430 bits per heavy atom. The van der Waals surface area contributed by atoms with Gasteiger partial charge >= 0.3 is 39.5 Å². The number of hydrogen-bond acceptors (Lipinski definition) is 15. The number of phosphoric acid groups is 2. The zero-order valence-corrected chi connectivity index (χ0v) is 72.4. The van der Waals surface area contributed by atoms with Gasteiger partial charge in [0, 0.05) is 25.7 Å². The van der Waals surface area contributed by atoms with Crippen LogP contribution in [0.4, 0.5) is 0 Å². The SMILES string of the molecule is CCCCCCCCCCCCCCCCCCCCC(=O)O[C@H](COC(=O)CCCCCCCCCCC(C)C)COP(=O)(O)OC[C@H](O)COP(=O)(O)OC[C@@H](COC(=O)CCCCCCCCCCCCCCCCCCC(C)C)OC(=O)CCCCCCCCCCCCCCCCCCC(C)C. The third kappa shape index (κ3) is 81.9. The van der Waals surface area contributed by atoms with E-state index < -0.39 is 97.5 Å². The van der Waals surface area contributed by atoms with Gasteiger partial charge in [-0.05, 0) is 43.4 Å². The first kappa shape index (κ1) is 105. The van der Waals surface area contributed by atoms with Crippen LogP contribution in [-0.2, 0) is 65.4 Å². The van der Waals surface area contributed by atoms with Crippen molar-refractivity contribution in [2.45, 2.75) is 484 Å². The number of unbranched alkanes of at least 4 members (excludes halogenated alkanes) is 54. The van der Waals surface area contributed by atoms with Crippen LogP contribution in [0.2, 0.25) is 0 Å². The maximum absolute atomic E-state index is 13.2. The molecule has 0 amide bonds. The monoisotopic (exact) mass is 1560 g/mol. The van der Waals surface area contributed by atoms with Crippen LogP contribution in [0.3, 0.4) is 0 Å². The first-order valence-electron chi connectivity index (χ1n) is 45.3. The lowest BCUT2D eigenvalue weighted by Crippen LogP contribution is -2.30. The van der Waals surface area contributed by atoms with Gasteiger partial charge in [0.25, 0.3) is 0 Å². The highest BCUT2D eigenvalue weighted by atomic mass is 31.2. The van der Waals surface area contributed by atoms with E-state index in [1.54, 1.807) is 0 Å². The van der Waals surface area contributed by atoms with Gasteiger partial charge in [-0.3, -0.25) is 37.3 Å². The van der Waals surface area contributed by atoms with E-state index in [1.165, 1.54) is 276 Å². The number of hydrogen-bond donors (Lipinski definition) is 3. The third-order valence-corrected chi connectivity index (χ3v) is 22.5. The molecular weight excluding hydrogens is 1390 g/mol. The summed E-state index contributed by atoms with van der Waals surface area (Å²) in [5, 5.41) is 10.7. The molecule has 0 aliphatic rings. The predicted octanol–water partition coefficient (Wildman–Crippen LogP) is 26.9. The summed E-state index contributed by atoms with van der Waals surface area (Å²) >= 11 is 0. The molecule has 17 nitrogen and oxygen atoms in total. The highest BCUT2D eigenvalue weighted by molar-refractivity contribution is 7.47. The van der Waals surface area contributed by atoms with E-state index in [4.69, 9.17) is 37.0 Å². The topological polar surface area (TPSA) is 237 Å². The Hall–Kier alpha value is -1.94. The van der Waals surface area contributed by atoms with Gasteiger partial charge in [-0.1, -0.05) is 414 Å². The molecule has 0 fully saturated rings. The van der Waals surface area contributed by atoms with Crippen LogP contribution in [0, 0.1) is 17.8 Å².